The van der Waals surface area contributed by atoms with Gasteiger partial charge in [0.1, 0.15) is 17.1 Å². The highest BCUT2D eigenvalue weighted by molar-refractivity contribution is 5.93. The second kappa shape index (κ2) is 6.36. The van der Waals surface area contributed by atoms with Gasteiger partial charge in [-0.3, -0.25) is 4.79 Å². The van der Waals surface area contributed by atoms with E-state index in [1.165, 1.54) is 9.47 Å². The minimum absolute atomic E-state index is 0.0780. The smallest absolute Gasteiger partial charge is 0.341 e. The number of aryl methyl sites for hydroxylation is 1. The van der Waals surface area contributed by atoms with Crippen molar-refractivity contribution in [3.8, 4) is 0 Å². The van der Waals surface area contributed by atoms with Crippen LogP contribution in [0.2, 0.25) is 0 Å². The van der Waals surface area contributed by atoms with Crippen molar-refractivity contribution in [1.82, 2.24) is 4.57 Å². The number of anilines is 1. The summed E-state index contributed by atoms with van der Waals surface area (Å²) in [6.45, 7) is 6.28. The number of carbonyl (C=O) groups is 1. The molecule has 0 amide bonds. The van der Waals surface area contributed by atoms with Crippen LogP contribution in [-0.4, -0.2) is 28.7 Å². The lowest BCUT2D eigenvalue weighted by molar-refractivity contribution is 0.0695. The highest BCUT2D eigenvalue weighted by Gasteiger charge is 2.23. The predicted octanol–water partition coefficient (Wildman–Crippen LogP) is 2.84. The van der Waals surface area contributed by atoms with Crippen LogP contribution < -0.4 is 10.3 Å². The molecule has 1 aromatic carbocycles. The van der Waals surface area contributed by atoms with Crippen LogP contribution in [-0.2, 0) is 6.54 Å². The molecule has 2 aromatic rings. The molecule has 0 spiro atoms. The molecule has 124 valence electrons. The summed E-state index contributed by atoms with van der Waals surface area (Å²) in [6, 6.07) is 0.924. The van der Waals surface area contributed by atoms with Crippen molar-refractivity contribution < 1.29 is 18.7 Å². The Kier molecular flexibility index (Phi) is 4.68. The Hall–Kier alpha value is -2.44. The highest BCUT2D eigenvalue weighted by Crippen LogP contribution is 2.29. The van der Waals surface area contributed by atoms with E-state index in [4.69, 9.17) is 5.11 Å². The monoisotopic (exact) mass is 324 g/mol. The summed E-state index contributed by atoms with van der Waals surface area (Å²) in [6.07, 6.45) is 1.10. The molecule has 0 saturated heterocycles. The molecule has 0 bridgehead atoms. The number of pyridine rings is 1. The summed E-state index contributed by atoms with van der Waals surface area (Å²) < 4.78 is 30.6. The van der Waals surface area contributed by atoms with E-state index in [9.17, 15) is 18.4 Å². The zero-order valence-electron chi connectivity index (χ0n) is 13.2. The maximum absolute atomic E-state index is 14.9. The van der Waals surface area contributed by atoms with Gasteiger partial charge in [-0.1, -0.05) is 0 Å². The van der Waals surface area contributed by atoms with Crippen LogP contribution >= 0.6 is 0 Å². The molecule has 23 heavy (non-hydrogen) atoms. The number of halogens is 2. The van der Waals surface area contributed by atoms with Crippen LogP contribution in [0, 0.1) is 11.6 Å². The summed E-state index contributed by atoms with van der Waals surface area (Å²) in [5.74, 6) is -3.15. The van der Waals surface area contributed by atoms with Gasteiger partial charge in [-0.05, 0) is 26.8 Å². The van der Waals surface area contributed by atoms with Crippen LogP contribution in [0.5, 0.6) is 0 Å². The minimum Gasteiger partial charge on any atom is -0.477 e. The molecule has 0 aliphatic rings. The normalized spacial score (nSPS) is 11.0. The van der Waals surface area contributed by atoms with Gasteiger partial charge < -0.3 is 14.6 Å². The number of rotatable bonds is 5. The lowest BCUT2D eigenvalue weighted by Crippen LogP contribution is -2.26. The van der Waals surface area contributed by atoms with Gasteiger partial charge in [0.05, 0.1) is 10.9 Å². The van der Waals surface area contributed by atoms with Gasteiger partial charge in [0.2, 0.25) is 5.43 Å². The van der Waals surface area contributed by atoms with Crippen LogP contribution in [0.4, 0.5) is 14.5 Å². The molecule has 2 rings (SSSR count). The number of aromatic carboxylic acids is 1. The topological polar surface area (TPSA) is 62.5 Å². The SMILES string of the molecule is CCN(CC)c1c(F)cc2c(=O)c(C(=O)O)cn(CC)c2c1F. The largest absolute Gasteiger partial charge is 0.477 e. The predicted molar refractivity (Wildman–Crippen MR) is 84.3 cm³/mol. The van der Waals surface area contributed by atoms with Crippen molar-refractivity contribution in [2.75, 3.05) is 18.0 Å². The molecule has 7 heteroatoms. The number of fused-ring (bicyclic) bond motifs is 1. The number of hydrogen-bond donors (Lipinski definition) is 1. The molecule has 0 aliphatic heterocycles. The first-order chi connectivity index (χ1) is 10.9. The van der Waals surface area contributed by atoms with Gasteiger partial charge in [0.25, 0.3) is 0 Å². The van der Waals surface area contributed by atoms with E-state index in [1.807, 2.05) is 0 Å². The molecular weight excluding hydrogens is 306 g/mol. The van der Waals surface area contributed by atoms with E-state index in [-0.39, 0.29) is 23.1 Å². The first-order valence-electron chi connectivity index (χ1n) is 7.40. The first kappa shape index (κ1) is 16.9. The third-order valence-electron chi connectivity index (χ3n) is 3.88. The third-order valence-corrected chi connectivity index (χ3v) is 3.88. The lowest BCUT2D eigenvalue weighted by Gasteiger charge is -2.23. The molecule has 0 aliphatic carbocycles. The number of carboxylic acids is 1. The fraction of sp³-hybridized carbons (Fsp3) is 0.375. The zero-order valence-corrected chi connectivity index (χ0v) is 13.2. The van der Waals surface area contributed by atoms with Crippen molar-refractivity contribution in [1.29, 1.82) is 0 Å². The van der Waals surface area contributed by atoms with Gasteiger partial charge >= 0.3 is 5.97 Å². The standard InChI is InChI=1S/C16H18F2N2O3/c1-4-19(5-2)14-11(17)7-9-13(12(14)18)20(6-3)8-10(15(9)21)16(22)23/h7-8H,4-6H2,1-3H3,(H,22,23). The number of nitrogens with zero attached hydrogens (tertiary/aromatic N) is 2. The van der Waals surface area contributed by atoms with Gasteiger partial charge in [-0.2, -0.15) is 0 Å². The molecule has 0 saturated carbocycles. The molecule has 1 aromatic heterocycles. The van der Waals surface area contributed by atoms with E-state index in [0.717, 1.165) is 12.3 Å². The van der Waals surface area contributed by atoms with Crippen molar-refractivity contribution in [2.45, 2.75) is 27.3 Å². The van der Waals surface area contributed by atoms with Gasteiger partial charge in [0, 0.05) is 25.8 Å². The number of carboxylic acid groups (broad SMARTS) is 1. The second-order valence-corrected chi connectivity index (χ2v) is 5.05. The third kappa shape index (κ3) is 2.67. The van der Waals surface area contributed by atoms with Crippen LogP contribution in [0.1, 0.15) is 31.1 Å². The average Bonchev–Trinajstić information content (AvgIpc) is 2.51. The maximum Gasteiger partial charge on any atom is 0.341 e. The molecule has 0 fully saturated rings. The van der Waals surface area contributed by atoms with Crippen molar-refractivity contribution >= 4 is 22.6 Å². The minimum atomic E-state index is -1.42. The fourth-order valence-corrected chi connectivity index (χ4v) is 2.71. The van der Waals surface area contributed by atoms with E-state index in [2.05, 4.69) is 0 Å². The Bertz CT molecular complexity index is 826. The van der Waals surface area contributed by atoms with Crippen LogP contribution in [0.25, 0.3) is 10.9 Å². The summed E-state index contributed by atoms with van der Waals surface area (Å²) in [7, 11) is 0. The van der Waals surface area contributed by atoms with Gasteiger partial charge in [-0.15, -0.1) is 0 Å². The second-order valence-electron chi connectivity index (χ2n) is 5.05. The Labute approximate surface area is 131 Å². The van der Waals surface area contributed by atoms with Crippen molar-refractivity contribution in [2.24, 2.45) is 0 Å². The number of aromatic nitrogens is 1. The molecule has 0 atom stereocenters. The number of hydrogen-bond acceptors (Lipinski definition) is 3. The van der Waals surface area contributed by atoms with E-state index in [1.54, 1.807) is 20.8 Å². The van der Waals surface area contributed by atoms with E-state index < -0.39 is 28.6 Å². The van der Waals surface area contributed by atoms with Gasteiger partial charge in [0.15, 0.2) is 5.82 Å². The quantitative estimate of drug-likeness (QED) is 0.918. The molecule has 0 radical (unpaired) electrons. The average molecular weight is 324 g/mol. The zero-order chi connectivity index (χ0) is 17.3. The Morgan fingerprint density at radius 1 is 1.26 bits per heavy atom. The lowest BCUT2D eigenvalue weighted by atomic mass is 10.1. The number of benzene rings is 1. The summed E-state index contributed by atoms with van der Waals surface area (Å²) in [5.41, 5.74) is -1.67. The summed E-state index contributed by atoms with van der Waals surface area (Å²) >= 11 is 0. The van der Waals surface area contributed by atoms with E-state index >= 15 is 0 Å². The maximum atomic E-state index is 14.9. The summed E-state index contributed by atoms with van der Waals surface area (Å²) in [4.78, 5) is 24.9. The molecule has 0 unspecified atom stereocenters. The summed E-state index contributed by atoms with van der Waals surface area (Å²) in [5, 5.41) is 8.83. The van der Waals surface area contributed by atoms with Crippen LogP contribution in [0.15, 0.2) is 17.1 Å². The molecular formula is C16H18F2N2O3. The van der Waals surface area contributed by atoms with Crippen LogP contribution in [0.3, 0.4) is 0 Å². The molecule has 5 nitrogen and oxygen atoms in total. The fourth-order valence-electron chi connectivity index (χ4n) is 2.71. The first-order valence-corrected chi connectivity index (χ1v) is 7.40. The Balaban J connectivity index is 2.98. The Morgan fingerprint density at radius 2 is 1.87 bits per heavy atom. The van der Waals surface area contributed by atoms with E-state index in [0.29, 0.717) is 13.1 Å². The Morgan fingerprint density at radius 3 is 2.35 bits per heavy atom. The molecule has 1 heterocycles. The van der Waals surface area contributed by atoms with Crippen molar-refractivity contribution in [3.63, 3.8) is 0 Å². The highest BCUT2D eigenvalue weighted by atomic mass is 19.1. The van der Waals surface area contributed by atoms with Crippen molar-refractivity contribution in [3.05, 3.63) is 39.7 Å². The van der Waals surface area contributed by atoms with Gasteiger partial charge in [-0.25, -0.2) is 13.6 Å². The molecule has 1 N–H and O–H groups in total.